The third-order valence-corrected chi connectivity index (χ3v) is 3.05. The molecule has 2 rings (SSSR count). The van der Waals surface area contributed by atoms with E-state index in [0.29, 0.717) is 11.4 Å². The molecule has 0 spiro atoms. The number of anilines is 1. The van der Waals surface area contributed by atoms with Crippen molar-refractivity contribution >= 4 is 5.82 Å². The number of nitrogens with one attached hydrogen (secondary N) is 1. The summed E-state index contributed by atoms with van der Waals surface area (Å²) in [6, 6.07) is 6.78. The van der Waals surface area contributed by atoms with E-state index in [1.165, 1.54) is 12.1 Å². The Morgan fingerprint density at radius 2 is 1.75 bits per heavy atom. The average Bonchev–Trinajstić information content (AvgIpc) is 2.36. The van der Waals surface area contributed by atoms with Gasteiger partial charge in [0.1, 0.15) is 11.6 Å². The number of hydrogen-bond donors (Lipinski definition) is 1. The Labute approximate surface area is 119 Å². The predicted molar refractivity (Wildman–Crippen MR) is 80.4 cm³/mol. The third-order valence-electron chi connectivity index (χ3n) is 3.05. The lowest BCUT2D eigenvalue weighted by Gasteiger charge is -2.19. The highest BCUT2D eigenvalue weighted by Crippen LogP contribution is 2.26. The van der Waals surface area contributed by atoms with Gasteiger partial charge in [0.15, 0.2) is 5.82 Å². The van der Waals surface area contributed by atoms with Crippen LogP contribution in [-0.4, -0.2) is 17.0 Å². The topological polar surface area (TPSA) is 37.8 Å². The van der Waals surface area contributed by atoms with Gasteiger partial charge in [-0.15, -0.1) is 0 Å². The van der Waals surface area contributed by atoms with Crippen LogP contribution in [0.2, 0.25) is 0 Å². The van der Waals surface area contributed by atoms with Gasteiger partial charge < -0.3 is 5.32 Å². The fourth-order valence-corrected chi connectivity index (χ4v) is 1.95. The molecule has 1 N–H and O–H groups in total. The molecule has 0 amide bonds. The van der Waals surface area contributed by atoms with Gasteiger partial charge in [0.2, 0.25) is 0 Å². The Morgan fingerprint density at radius 1 is 1.05 bits per heavy atom. The number of halogens is 1. The van der Waals surface area contributed by atoms with Crippen molar-refractivity contribution in [1.29, 1.82) is 0 Å². The molecule has 1 aromatic carbocycles. The first-order valence-electron chi connectivity index (χ1n) is 6.64. The van der Waals surface area contributed by atoms with Crippen LogP contribution >= 0.6 is 0 Å². The fraction of sp³-hybridized carbons (Fsp3) is 0.375. The molecule has 3 nitrogen and oxygen atoms in total. The van der Waals surface area contributed by atoms with Crippen molar-refractivity contribution < 1.29 is 4.39 Å². The Hall–Kier alpha value is -1.97. The van der Waals surface area contributed by atoms with Crippen molar-refractivity contribution in [2.45, 2.75) is 33.1 Å². The van der Waals surface area contributed by atoms with Crippen LogP contribution in [0.4, 0.5) is 10.2 Å². The average molecular weight is 273 g/mol. The minimum Gasteiger partial charge on any atom is -0.373 e. The van der Waals surface area contributed by atoms with Gasteiger partial charge in [0.05, 0.1) is 5.69 Å². The normalized spacial score (nSPS) is 11.5. The van der Waals surface area contributed by atoms with E-state index in [9.17, 15) is 4.39 Å². The summed E-state index contributed by atoms with van der Waals surface area (Å²) in [5.41, 5.74) is 2.39. The van der Waals surface area contributed by atoms with E-state index in [1.54, 1.807) is 0 Å². The fourth-order valence-electron chi connectivity index (χ4n) is 1.95. The largest absolute Gasteiger partial charge is 0.373 e. The molecule has 0 atom stereocenters. The molecular weight excluding hydrogens is 253 g/mol. The van der Waals surface area contributed by atoms with Gasteiger partial charge in [-0.25, -0.2) is 14.4 Å². The molecular formula is C16H20FN3. The molecule has 0 unspecified atom stereocenters. The van der Waals surface area contributed by atoms with Crippen LogP contribution in [-0.2, 0) is 5.41 Å². The van der Waals surface area contributed by atoms with Gasteiger partial charge in [-0.3, -0.25) is 0 Å². The number of rotatable bonds is 2. The third kappa shape index (κ3) is 3.13. The van der Waals surface area contributed by atoms with Crippen LogP contribution in [0.25, 0.3) is 11.4 Å². The molecule has 0 aliphatic carbocycles. The summed E-state index contributed by atoms with van der Waals surface area (Å²) in [7, 11) is 1.81. The van der Waals surface area contributed by atoms with Crippen molar-refractivity contribution in [3.8, 4) is 11.4 Å². The second-order valence-electron chi connectivity index (χ2n) is 5.98. The molecule has 1 aromatic heterocycles. The maximum Gasteiger partial charge on any atom is 0.161 e. The smallest absolute Gasteiger partial charge is 0.161 e. The maximum atomic E-state index is 13.6. The van der Waals surface area contributed by atoms with E-state index in [0.717, 1.165) is 17.1 Å². The maximum absolute atomic E-state index is 13.6. The van der Waals surface area contributed by atoms with Crippen molar-refractivity contribution in [2.24, 2.45) is 0 Å². The Balaban J connectivity index is 2.61. The molecule has 4 heteroatoms. The van der Waals surface area contributed by atoms with Crippen molar-refractivity contribution in [3.63, 3.8) is 0 Å². The minimum atomic E-state index is -0.268. The van der Waals surface area contributed by atoms with Crippen molar-refractivity contribution in [3.05, 3.63) is 41.3 Å². The van der Waals surface area contributed by atoms with Crippen molar-refractivity contribution in [2.75, 3.05) is 12.4 Å². The van der Waals surface area contributed by atoms with Crippen LogP contribution in [0.1, 0.15) is 32.0 Å². The molecule has 0 aliphatic rings. The van der Waals surface area contributed by atoms with Crippen LogP contribution < -0.4 is 5.32 Å². The Morgan fingerprint density at radius 3 is 2.30 bits per heavy atom. The standard InChI is InChI=1S/C16H20FN3/c1-10-6-11(8-12(17)7-10)15-19-13(16(2,3)4)9-14(18-5)20-15/h6-9H,1-5H3,(H,18,19,20). The van der Waals surface area contributed by atoms with Gasteiger partial charge in [0.25, 0.3) is 0 Å². The lowest BCUT2D eigenvalue weighted by atomic mass is 9.91. The van der Waals surface area contributed by atoms with Gasteiger partial charge >= 0.3 is 0 Å². The second-order valence-corrected chi connectivity index (χ2v) is 5.98. The first-order chi connectivity index (χ1) is 9.29. The van der Waals surface area contributed by atoms with E-state index in [1.807, 2.05) is 26.1 Å². The van der Waals surface area contributed by atoms with E-state index in [4.69, 9.17) is 0 Å². The molecule has 2 aromatic rings. The lowest BCUT2D eigenvalue weighted by Crippen LogP contribution is -2.15. The molecule has 0 bridgehead atoms. The zero-order valence-electron chi connectivity index (χ0n) is 12.6. The van der Waals surface area contributed by atoms with Gasteiger partial charge in [-0.2, -0.15) is 0 Å². The van der Waals surface area contributed by atoms with Gasteiger partial charge in [-0.05, 0) is 30.7 Å². The SMILES string of the molecule is CNc1cc(C(C)(C)C)nc(-c2cc(C)cc(F)c2)n1. The highest BCUT2D eigenvalue weighted by Gasteiger charge is 2.18. The Bertz CT molecular complexity index is 610. The van der Waals surface area contributed by atoms with E-state index in [2.05, 4.69) is 36.1 Å². The van der Waals surface area contributed by atoms with Gasteiger partial charge in [-0.1, -0.05) is 20.8 Å². The zero-order valence-corrected chi connectivity index (χ0v) is 12.6. The molecule has 0 radical (unpaired) electrons. The summed E-state index contributed by atoms with van der Waals surface area (Å²) in [6.07, 6.45) is 0. The molecule has 1 heterocycles. The highest BCUT2D eigenvalue weighted by molar-refractivity contribution is 5.59. The summed E-state index contributed by atoms with van der Waals surface area (Å²) in [5.74, 6) is 1.02. The van der Waals surface area contributed by atoms with Crippen LogP contribution in [0.5, 0.6) is 0 Å². The molecule has 20 heavy (non-hydrogen) atoms. The summed E-state index contributed by atoms with van der Waals surface area (Å²) in [6.45, 7) is 8.14. The minimum absolute atomic E-state index is 0.0916. The van der Waals surface area contributed by atoms with E-state index < -0.39 is 0 Å². The summed E-state index contributed by atoms with van der Waals surface area (Å²) in [4.78, 5) is 9.02. The van der Waals surface area contributed by atoms with Gasteiger partial charge in [0, 0.05) is 24.1 Å². The molecule has 106 valence electrons. The highest BCUT2D eigenvalue weighted by atomic mass is 19.1. The first-order valence-corrected chi connectivity index (χ1v) is 6.64. The van der Waals surface area contributed by atoms with Crippen LogP contribution in [0.15, 0.2) is 24.3 Å². The molecule has 0 aliphatic heterocycles. The van der Waals surface area contributed by atoms with Crippen LogP contribution in [0, 0.1) is 12.7 Å². The molecule has 0 saturated carbocycles. The second kappa shape index (κ2) is 5.19. The number of hydrogen-bond acceptors (Lipinski definition) is 3. The summed E-state index contributed by atoms with van der Waals surface area (Å²) in [5, 5.41) is 3.03. The number of benzene rings is 1. The van der Waals surface area contributed by atoms with Crippen molar-refractivity contribution in [1.82, 2.24) is 9.97 Å². The van der Waals surface area contributed by atoms with Crippen LogP contribution in [0.3, 0.4) is 0 Å². The lowest BCUT2D eigenvalue weighted by molar-refractivity contribution is 0.568. The summed E-state index contributed by atoms with van der Waals surface area (Å²) < 4.78 is 13.6. The van der Waals surface area contributed by atoms with E-state index in [-0.39, 0.29) is 11.2 Å². The Kier molecular flexibility index (Phi) is 3.75. The first kappa shape index (κ1) is 14.4. The van der Waals surface area contributed by atoms with E-state index >= 15 is 0 Å². The molecule has 0 saturated heterocycles. The monoisotopic (exact) mass is 273 g/mol. The number of aromatic nitrogens is 2. The zero-order chi connectivity index (χ0) is 14.9. The molecule has 0 fully saturated rings. The summed E-state index contributed by atoms with van der Waals surface area (Å²) >= 11 is 0. The quantitative estimate of drug-likeness (QED) is 0.901. The predicted octanol–water partition coefficient (Wildman–Crippen LogP) is 3.93. The number of nitrogens with zero attached hydrogens (tertiary/aromatic N) is 2. The number of aryl methyl sites for hydroxylation is 1.